The number of nitrogens with one attached hydrogen (secondary N) is 2. The number of anilines is 1. The minimum atomic E-state index is -4.60. The van der Waals surface area contributed by atoms with E-state index in [1.54, 1.807) is 18.2 Å². The fraction of sp³-hybridized carbons (Fsp3) is 0.167. The Morgan fingerprint density at radius 2 is 1.84 bits per heavy atom. The molecular formula is C18H13Cl3F3N5O2. The molecule has 13 heteroatoms. The van der Waals surface area contributed by atoms with Gasteiger partial charge in [-0.15, -0.1) is 0 Å². The first-order valence-electron chi connectivity index (χ1n) is 8.51. The van der Waals surface area contributed by atoms with E-state index < -0.39 is 17.8 Å². The number of rotatable bonds is 4. The molecule has 2 aromatic rings. The number of aromatic nitrogens is 1. The third-order valence-electron chi connectivity index (χ3n) is 4.16. The molecule has 164 valence electrons. The molecule has 2 N–H and O–H groups in total. The van der Waals surface area contributed by atoms with Gasteiger partial charge in [0.05, 0.1) is 17.1 Å². The zero-order valence-corrected chi connectivity index (χ0v) is 17.6. The summed E-state index contributed by atoms with van der Waals surface area (Å²) in [5.74, 6) is -0.541. The molecule has 1 aromatic carbocycles. The maximum atomic E-state index is 12.7. The Hall–Kier alpha value is -2.69. The molecule has 0 spiro atoms. The highest BCUT2D eigenvalue weighted by Crippen LogP contribution is 2.32. The lowest BCUT2D eigenvalue weighted by Crippen LogP contribution is -2.48. The summed E-state index contributed by atoms with van der Waals surface area (Å²) in [6.45, 7) is -0.0657. The number of pyridine rings is 1. The number of halogens is 6. The molecule has 1 aliphatic heterocycles. The van der Waals surface area contributed by atoms with Gasteiger partial charge < -0.3 is 4.90 Å². The van der Waals surface area contributed by atoms with Crippen molar-refractivity contribution < 1.29 is 22.8 Å². The molecule has 0 fully saturated rings. The summed E-state index contributed by atoms with van der Waals surface area (Å²) >= 11 is 18.1. The Morgan fingerprint density at radius 3 is 2.45 bits per heavy atom. The number of urea groups is 1. The zero-order chi connectivity index (χ0) is 22.8. The molecule has 3 rings (SSSR count). The van der Waals surface area contributed by atoms with Crippen LogP contribution in [-0.2, 0) is 17.5 Å². The molecule has 0 saturated carbocycles. The maximum absolute atomic E-state index is 12.7. The molecule has 0 unspecified atom stereocenters. The van der Waals surface area contributed by atoms with Gasteiger partial charge in [-0.1, -0.05) is 40.9 Å². The predicted octanol–water partition coefficient (Wildman–Crippen LogP) is 4.91. The second-order valence-corrected chi connectivity index (χ2v) is 7.49. The molecule has 2 heterocycles. The van der Waals surface area contributed by atoms with Gasteiger partial charge in [0.25, 0.3) is 0 Å². The Morgan fingerprint density at radius 1 is 1.16 bits per heavy atom. The average Bonchev–Trinajstić information content (AvgIpc) is 2.70. The van der Waals surface area contributed by atoms with Crippen molar-refractivity contribution in [1.82, 2.24) is 20.2 Å². The highest BCUT2D eigenvalue weighted by molar-refractivity contribution is 6.36. The lowest BCUT2D eigenvalue weighted by Gasteiger charge is -2.31. The number of nitrogens with zero attached hydrogens (tertiary/aromatic N) is 3. The predicted molar refractivity (Wildman–Crippen MR) is 109 cm³/mol. The van der Waals surface area contributed by atoms with Crippen LogP contribution in [-0.4, -0.2) is 33.4 Å². The molecule has 7 nitrogen and oxygen atoms in total. The van der Waals surface area contributed by atoms with Crippen LogP contribution < -0.4 is 10.9 Å². The van der Waals surface area contributed by atoms with Crippen LogP contribution in [0.3, 0.4) is 0 Å². The summed E-state index contributed by atoms with van der Waals surface area (Å²) in [5.41, 5.74) is 4.10. The Bertz CT molecular complexity index is 1030. The van der Waals surface area contributed by atoms with Gasteiger partial charge in [-0.25, -0.2) is 15.2 Å². The van der Waals surface area contributed by atoms with Crippen LogP contribution >= 0.6 is 34.8 Å². The monoisotopic (exact) mass is 493 g/mol. The molecule has 0 saturated heterocycles. The highest BCUT2D eigenvalue weighted by atomic mass is 35.5. The van der Waals surface area contributed by atoms with Gasteiger partial charge in [0.15, 0.2) is 5.82 Å². The summed E-state index contributed by atoms with van der Waals surface area (Å²) < 4.78 is 38.0. The minimum Gasteiger partial charge on any atom is -0.316 e. The number of hydrogen-bond acceptors (Lipinski definition) is 4. The van der Waals surface area contributed by atoms with Crippen LogP contribution in [0, 0.1) is 0 Å². The largest absolute Gasteiger partial charge is 0.417 e. The molecular weight excluding hydrogens is 482 g/mol. The molecule has 0 atom stereocenters. The fourth-order valence-electron chi connectivity index (χ4n) is 2.56. The third kappa shape index (κ3) is 5.52. The van der Waals surface area contributed by atoms with E-state index in [1.807, 2.05) is 0 Å². The van der Waals surface area contributed by atoms with E-state index in [0.29, 0.717) is 27.9 Å². The van der Waals surface area contributed by atoms with Gasteiger partial charge in [0.2, 0.25) is 5.91 Å². The Labute approximate surface area is 189 Å². The quantitative estimate of drug-likeness (QED) is 0.592. The normalized spacial score (nSPS) is 14.1. The van der Waals surface area contributed by atoms with Crippen molar-refractivity contribution in [3.05, 3.63) is 68.9 Å². The average molecular weight is 495 g/mol. The van der Waals surface area contributed by atoms with E-state index in [0.717, 1.165) is 4.90 Å². The van der Waals surface area contributed by atoms with E-state index >= 15 is 0 Å². The lowest BCUT2D eigenvalue weighted by molar-refractivity contribution is -0.137. The molecule has 31 heavy (non-hydrogen) atoms. The smallest absolute Gasteiger partial charge is 0.316 e. The van der Waals surface area contributed by atoms with Crippen LogP contribution in [0.2, 0.25) is 15.1 Å². The second kappa shape index (κ2) is 9.21. The molecule has 3 amide bonds. The number of carbonyl (C=O) groups excluding carboxylic acids is 2. The van der Waals surface area contributed by atoms with Gasteiger partial charge in [-0.2, -0.15) is 13.2 Å². The van der Waals surface area contributed by atoms with Crippen molar-refractivity contribution in [2.24, 2.45) is 0 Å². The van der Waals surface area contributed by atoms with E-state index in [1.165, 1.54) is 17.2 Å². The van der Waals surface area contributed by atoms with Crippen LogP contribution in [0.5, 0.6) is 0 Å². The Kier molecular flexibility index (Phi) is 6.83. The van der Waals surface area contributed by atoms with Gasteiger partial charge in [-0.3, -0.25) is 15.1 Å². The Balaban J connectivity index is 1.65. The SMILES string of the molecule is O=C(NNc1ncc(C(F)(F)F)cc1Cl)N1C=CC(=O)N(Cc2c(Cl)cccc2Cl)C1. The maximum Gasteiger partial charge on any atom is 0.417 e. The third-order valence-corrected chi connectivity index (χ3v) is 5.16. The molecule has 0 bridgehead atoms. The number of amides is 3. The topological polar surface area (TPSA) is 77.6 Å². The molecule has 0 aliphatic carbocycles. The number of hydrogen-bond donors (Lipinski definition) is 2. The first kappa shape index (κ1) is 23.0. The summed E-state index contributed by atoms with van der Waals surface area (Å²) in [4.78, 5) is 30.6. The highest BCUT2D eigenvalue weighted by Gasteiger charge is 2.31. The van der Waals surface area contributed by atoms with Gasteiger partial charge in [-0.05, 0) is 18.2 Å². The van der Waals surface area contributed by atoms with Gasteiger partial charge >= 0.3 is 12.2 Å². The van der Waals surface area contributed by atoms with Crippen molar-refractivity contribution in [3.8, 4) is 0 Å². The van der Waals surface area contributed by atoms with Gasteiger partial charge in [0.1, 0.15) is 6.67 Å². The van der Waals surface area contributed by atoms with Crippen molar-refractivity contribution in [1.29, 1.82) is 0 Å². The van der Waals surface area contributed by atoms with E-state index in [4.69, 9.17) is 34.8 Å². The van der Waals surface area contributed by atoms with E-state index in [2.05, 4.69) is 15.8 Å². The van der Waals surface area contributed by atoms with Crippen molar-refractivity contribution in [2.45, 2.75) is 12.7 Å². The van der Waals surface area contributed by atoms with E-state index in [-0.39, 0.29) is 30.0 Å². The van der Waals surface area contributed by atoms with Crippen molar-refractivity contribution >= 4 is 52.6 Å². The van der Waals surface area contributed by atoms with Gasteiger partial charge in [0, 0.05) is 34.1 Å². The van der Waals surface area contributed by atoms with Crippen LogP contribution in [0.1, 0.15) is 11.1 Å². The molecule has 1 aliphatic rings. The lowest BCUT2D eigenvalue weighted by atomic mass is 10.2. The summed E-state index contributed by atoms with van der Waals surface area (Å²) in [6, 6.07) is 4.89. The first-order valence-corrected chi connectivity index (χ1v) is 9.65. The number of benzene rings is 1. The van der Waals surface area contributed by atoms with Crippen molar-refractivity contribution in [3.63, 3.8) is 0 Å². The fourth-order valence-corrected chi connectivity index (χ4v) is 3.29. The van der Waals surface area contributed by atoms with Crippen LogP contribution in [0.25, 0.3) is 0 Å². The molecule has 1 aromatic heterocycles. The van der Waals surface area contributed by atoms with E-state index in [9.17, 15) is 22.8 Å². The second-order valence-electron chi connectivity index (χ2n) is 6.27. The van der Waals surface area contributed by atoms with Crippen molar-refractivity contribution in [2.75, 3.05) is 12.1 Å². The first-order chi connectivity index (χ1) is 14.6. The molecule has 0 radical (unpaired) electrons. The standard InChI is InChI=1S/C18H13Cl3F3N5O2/c19-12-2-1-3-13(20)11(12)8-29-9-28(5-4-15(29)30)17(31)27-26-16-14(21)6-10(7-25-16)18(22,23)24/h1-7H,8-9H2,(H,25,26)(H,27,31). The zero-order valence-electron chi connectivity index (χ0n) is 15.4. The number of carbonyl (C=O) groups is 2. The number of alkyl halides is 3. The summed E-state index contributed by atoms with van der Waals surface area (Å²) in [7, 11) is 0. The minimum absolute atomic E-state index is 0.0607. The summed E-state index contributed by atoms with van der Waals surface area (Å²) in [5, 5.41) is 0.403. The van der Waals surface area contributed by atoms with Crippen LogP contribution in [0.15, 0.2) is 42.7 Å². The van der Waals surface area contributed by atoms with Crippen LogP contribution in [0.4, 0.5) is 23.8 Å². The number of hydrazine groups is 1. The summed E-state index contributed by atoms with van der Waals surface area (Å²) in [6.07, 6.45) is -1.59.